The summed E-state index contributed by atoms with van der Waals surface area (Å²) >= 11 is 0. The lowest BCUT2D eigenvalue weighted by molar-refractivity contribution is 0.0269. The lowest BCUT2D eigenvalue weighted by Crippen LogP contribution is -2.51. The fourth-order valence-corrected chi connectivity index (χ4v) is 2.83. The van der Waals surface area contributed by atoms with Crippen molar-refractivity contribution in [3.05, 3.63) is 35.1 Å². The highest BCUT2D eigenvalue weighted by molar-refractivity contribution is 5.27. The first kappa shape index (κ1) is 17.4. The van der Waals surface area contributed by atoms with Gasteiger partial charge in [0.15, 0.2) is 0 Å². The highest BCUT2D eigenvalue weighted by Gasteiger charge is 2.22. The molecule has 0 unspecified atom stereocenters. The SMILES string of the molecule is CC(C)c1cc(F)cc(CNC(C)(C)CN2CCOCC2)c1. The van der Waals surface area contributed by atoms with E-state index in [0.29, 0.717) is 12.5 Å². The van der Waals surface area contributed by atoms with Crippen molar-refractivity contribution in [3.8, 4) is 0 Å². The lowest BCUT2D eigenvalue weighted by Gasteiger charge is -2.35. The van der Waals surface area contributed by atoms with E-state index in [9.17, 15) is 4.39 Å². The molecule has 0 spiro atoms. The number of nitrogens with zero attached hydrogens (tertiary/aromatic N) is 1. The van der Waals surface area contributed by atoms with Crippen LogP contribution in [0.3, 0.4) is 0 Å². The minimum absolute atomic E-state index is 0.0123. The first-order chi connectivity index (χ1) is 10.4. The molecule has 0 bridgehead atoms. The van der Waals surface area contributed by atoms with Crippen molar-refractivity contribution in [2.75, 3.05) is 32.8 Å². The van der Waals surface area contributed by atoms with Gasteiger partial charge in [0, 0.05) is 31.7 Å². The second kappa shape index (κ2) is 7.53. The van der Waals surface area contributed by atoms with Gasteiger partial charge in [-0.25, -0.2) is 4.39 Å². The Morgan fingerprint density at radius 3 is 2.55 bits per heavy atom. The summed E-state index contributed by atoms with van der Waals surface area (Å²) < 4.78 is 19.1. The van der Waals surface area contributed by atoms with Crippen molar-refractivity contribution >= 4 is 0 Å². The molecular weight excluding hydrogens is 279 g/mol. The van der Waals surface area contributed by atoms with Gasteiger partial charge in [0.2, 0.25) is 0 Å². The second-order valence-corrected chi connectivity index (χ2v) is 7.17. The van der Waals surface area contributed by atoms with Crippen molar-refractivity contribution in [2.24, 2.45) is 0 Å². The molecule has 1 saturated heterocycles. The Balaban J connectivity index is 1.93. The molecule has 0 atom stereocenters. The number of nitrogens with one attached hydrogen (secondary N) is 1. The van der Waals surface area contributed by atoms with Gasteiger partial charge in [0.1, 0.15) is 5.82 Å². The van der Waals surface area contributed by atoms with Crippen LogP contribution in [0, 0.1) is 5.82 Å². The van der Waals surface area contributed by atoms with Gasteiger partial charge in [-0.15, -0.1) is 0 Å². The topological polar surface area (TPSA) is 24.5 Å². The Morgan fingerprint density at radius 2 is 1.91 bits per heavy atom. The van der Waals surface area contributed by atoms with Gasteiger partial charge < -0.3 is 10.1 Å². The van der Waals surface area contributed by atoms with Crippen LogP contribution in [0.2, 0.25) is 0 Å². The fourth-order valence-electron chi connectivity index (χ4n) is 2.83. The summed E-state index contributed by atoms with van der Waals surface area (Å²) in [5, 5.41) is 3.57. The number of hydrogen-bond donors (Lipinski definition) is 1. The Bertz CT molecular complexity index is 482. The molecule has 1 aliphatic rings. The van der Waals surface area contributed by atoms with Crippen molar-refractivity contribution in [1.82, 2.24) is 10.2 Å². The van der Waals surface area contributed by atoms with Crippen LogP contribution in [0.5, 0.6) is 0 Å². The molecule has 1 aliphatic heterocycles. The molecule has 1 aromatic rings. The molecule has 1 heterocycles. The summed E-state index contributed by atoms with van der Waals surface area (Å²) in [5.41, 5.74) is 2.06. The van der Waals surface area contributed by atoms with E-state index >= 15 is 0 Å². The molecular formula is C18H29FN2O. The lowest BCUT2D eigenvalue weighted by atomic mass is 9.99. The van der Waals surface area contributed by atoms with Gasteiger partial charge in [-0.05, 0) is 43.0 Å². The van der Waals surface area contributed by atoms with Crippen molar-refractivity contribution in [2.45, 2.75) is 45.7 Å². The Kier molecular flexibility index (Phi) is 5.95. The predicted molar refractivity (Wildman–Crippen MR) is 88.7 cm³/mol. The largest absolute Gasteiger partial charge is 0.379 e. The average Bonchev–Trinajstić information content (AvgIpc) is 2.45. The van der Waals surface area contributed by atoms with Crippen LogP contribution in [-0.2, 0) is 11.3 Å². The standard InChI is InChI=1S/C18H29FN2O/c1-14(2)16-9-15(10-17(19)11-16)12-20-18(3,4)13-21-5-7-22-8-6-21/h9-11,14,20H,5-8,12-13H2,1-4H3. The average molecular weight is 308 g/mol. The molecule has 0 amide bonds. The van der Waals surface area contributed by atoms with Crippen LogP contribution in [0.4, 0.5) is 4.39 Å². The molecule has 0 radical (unpaired) electrons. The zero-order chi connectivity index (χ0) is 16.2. The number of ether oxygens (including phenoxy) is 1. The molecule has 2 rings (SSSR count). The van der Waals surface area contributed by atoms with Crippen molar-refractivity contribution in [1.29, 1.82) is 0 Å². The molecule has 0 aliphatic carbocycles. The molecule has 0 aromatic heterocycles. The molecule has 124 valence electrons. The molecule has 1 N–H and O–H groups in total. The highest BCUT2D eigenvalue weighted by atomic mass is 19.1. The quantitative estimate of drug-likeness (QED) is 0.874. The first-order valence-corrected chi connectivity index (χ1v) is 8.20. The van der Waals surface area contributed by atoms with E-state index in [1.165, 1.54) is 0 Å². The van der Waals surface area contributed by atoms with Crippen LogP contribution >= 0.6 is 0 Å². The predicted octanol–water partition coefficient (Wildman–Crippen LogP) is 3.15. The second-order valence-electron chi connectivity index (χ2n) is 7.17. The monoisotopic (exact) mass is 308 g/mol. The minimum atomic E-state index is -0.144. The summed E-state index contributed by atoms with van der Waals surface area (Å²) in [5.74, 6) is 0.199. The van der Waals surface area contributed by atoms with Gasteiger partial charge in [-0.2, -0.15) is 0 Å². The Morgan fingerprint density at radius 1 is 1.23 bits per heavy atom. The minimum Gasteiger partial charge on any atom is -0.379 e. The fraction of sp³-hybridized carbons (Fsp3) is 0.667. The summed E-state index contributed by atoms with van der Waals surface area (Å²) in [4.78, 5) is 2.42. The van der Waals surface area contributed by atoms with E-state index in [0.717, 1.165) is 44.0 Å². The zero-order valence-electron chi connectivity index (χ0n) is 14.3. The highest BCUT2D eigenvalue weighted by Crippen LogP contribution is 2.18. The number of benzene rings is 1. The van der Waals surface area contributed by atoms with E-state index in [1.807, 2.05) is 0 Å². The molecule has 22 heavy (non-hydrogen) atoms. The first-order valence-electron chi connectivity index (χ1n) is 8.20. The van der Waals surface area contributed by atoms with Crippen LogP contribution in [-0.4, -0.2) is 43.3 Å². The maximum atomic E-state index is 13.7. The summed E-state index contributed by atoms with van der Waals surface area (Å²) in [6, 6.07) is 5.36. The number of morpholine rings is 1. The maximum Gasteiger partial charge on any atom is 0.123 e. The molecule has 3 nitrogen and oxygen atoms in total. The van der Waals surface area contributed by atoms with E-state index in [4.69, 9.17) is 4.74 Å². The van der Waals surface area contributed by atoms with E-state index in [-0.39, 0.29) is 11.4 Å². The number of rotatable bonds is 6. The smallest absolute Gasteiger partial charge is 0.123 e. The zero-order valence-corrected chi connectivity index (χ0v) is 14.3. The van der Waals surface area contributed by atoms with Gasteiger partial charge in [-0.1, -0.05) is 19.9 Å². The van der Waals surface area contributed by atoms with Gasteiger partial charge >= 0.3 is 0 Å². The van der Waals surface area contributed by atoms with Crippen LogP contribution in [0.15, 0.2) is 18.2 Å². The van der Waals surface area contributed by atoms with Crippen LogP contribution < -0.4 is 5.32 Å². The van der Waals surface area contributed by atoms with Gasteiger partial charge in [0.05, 0.1) is 13.2 Å². The van der Waals surface area contributed by atoms with Crippen molar-refractivity contribution < 1.29 is 9.13 Å². The Labute approximate surface area is 133 Å². The number of hydrogen-bond acceptors (Lipinski definition) is 3. The Hall–Kier alpha value is -0.970. The van der Waals surface area contributed by atoms with Crippen LogP contribution in [0.25, 0.3) is 0 Å². The summed E-state index contributed by atoms with van der Waals surface area (Å²) in [7, 11) is 0. The molecule has 1 fully saturated rings. The van der Waals surface area contributed by atoms with E-state index < -0.39 is 0 Å². The maximum absolute atomic E-state index is 13.7. The van der Waals surface area contributed by atoms with Gasteiger partial charge in [-0.3, -0.25) is 4.90 Å². The molecule has 1 aromatic carbocycles. The third-order valence-corrected chi connectivity index (χ3v) is 4.14. The van der Waals surface area contributed by atoms with E-state index in [2.05, 4.69) is 44.0 Å². The molecule has 0 saturated carbocycles. The van der Waals surface area contributed by atoms with Crippen LogP contribution in [0.1, 0.15) is 44.7 Å². The van der Waals surface area contributed by atoms with Gasteiger partial charge in [0.25, 0.3) is 0 Å². The molecule has 4 heteroatoms. The van der Waals surface area contributed by atoms with Crippen molar-refractivity contribution in [3.63, 3.8) is 0 Å². The third-order valence-electron chi connectivity index (χ3n) is 4.14. The normalized spacial score (nSPS) is 17.2. The summed E-state index contributed by atoms with van der Waals surface area (Å²) in [6.07, 6.45) is 0. The summed E-state index contributed by atoms with van der Waals surface area (Å²) in [6.45, 7) is 13.9. The third kappa shape index (κ3) is 5.34. The van der Waals surface area contributed by atoms with E-state index in [1.54, 1.807) is 12.1 Å². The number of halogens is 1.